The highest BCUT2D eigenvalue weighted by atomic mass is 31.1. The van der Waals surface area contributed by atoms with E-state index in [-0.39, 0.29) is 12.0 Å². The van der Waals surface area contributed by atoms with Crippen molar-refractivity contribution in [2.24, 2.45) is 11.8 Å². The summed E-state index contributed by atoms with van der Waals surface area (Å²) < 4.78 is 8.75. The number of hydrogen-bond donors (Lipinski definition) is 0. The van der Waals surface area contributed by atoms with Crippen LogP contribution in [-0.2, 0) is 9.32 Å². The lowest BCUT2D eigenvalue weighted by Gasteiger charge is -2.45. The van der Waals surface area contributed by atoms with Crippen molar-refractivity contribution in [3.63, 3.8) is 0 Å². The van der Waals surface area contributed by atoms with Crippen molar-refractivity contribution in [2.45, 2.75) is 112 Å². The Morgan fingerprint density at radius 1 is 0.769 bits per heavy atom. The molecule has 156 valence electrons. The number of rotatable bonds is 11. The van der Waals surface area contributed by atoms with E-state index in [2.05, 4.69) is 73.9 Å². The zero-order chi connectivity index (χ0) is 20.8. The molecular weight excluding hydrogens is 360 g/mol. The smallest absolute Gasteiger partial charge is 0.228 e. The van der Waals surface area contributed by atoms with Gasteiger partial charge in [-0.25, -0.2) is 0 Å². The number of carbonyl (C=O) groups excluding carboxylic acids is 1. The molecule has 0 spiro atoms. The summed E-state index contributed by atoms with van der Waals surface area (Å²) in [6.45, 7) is 27.2. The summed E-state index contributed by atoms with van der Waals surface area (Å²) in [7, 11) is -1.01. The summed E-state index contributed by atoms with van der Waals surface area (Å²) in [6.07, 6.45) is 0. The Kier molecular flexibility index (Phi) is 12.1. The summed E-state index contributed by atoms with van der Waals surface area (Å²) in [5.41, 5.74) is 2.07. The van der Waals surface area contributed by atoms with Crippen LogP contribution in [0.1, 0.15) is 83.1 Å². The summed E-state index contributed by atoms with van der Waals surface area (Å²) in [4.78, 5) is 13.2. The molecular formula is C21H45NO2P2. The van der Waals surface area contributed by atoms with Crippen LogP contribution in [-0.4, -0.2) is 45.9 Å². The Morgan fingerprint density at radius 2 is 1.19 bits per heavy atom. The third-order valence-corrected chi connectivity index (χ3v) is 10.1. The molecule has 0 heterocycles. The molecule has 0 fully saturated rings. The molecule has 0 aliphatic heterocycles. The average molecular weight is 406 g/mol. The van der Waals surface area contributed by atoms with E-state index in [1.54, 1.807) is 0 Å². The summed E-state index contributed by atoms with van der Waals surface area (Å²) in [5, 5.41) is 0. The van der Waals surface area contributed by atoms with Crippen LogP contribution in [0.5, 0.6) is 0 Å². The molecule has 0 rings (SSSR count). The number of hydrogen-bond acceptors (Lipinski definition) is 2. The average Bonchev–Trinajstić information content (AvgIpc) is 2.46. The molecule has 0 radical (unpaired) electrons. The Morgan fingerprint density at radius 3 is 1.46 bits per heavy atom. The number of amides is 1. The topological polar surface area (TPSA) is 29.5 Å². The SMILES string of the molecule is CC(C)C(=O)N([C@H](COP(C(C)C)C(C)C)C(C)C)P(C(C)C)C(C)C. The van der Waals surface area contributed by atoms with Gasteiger partial charge in [-0.05, 0) is 36.6 Å². The highest BCUT2D eigenvalue weighted by Crippen LogP contribution is 2.53. The normalized spacial score (nSPS) is 14.2. The molecule has 1 amide bonds. The van der Waals surface area contributed by atoms with Crippen molar-refractivity contribution in [1.29, 1.82) is 0 Å². The maximum atomic E-state index is 13.2. The molecule has 0 aliphatic carbocycles. The van der Waals surface area contributed by atoms with Crippen LogP contribution in [0.25, 0.3) is 0 Å². The summed E-state index contributed by atoms with van der Waals surface area (Å²) in [5.74, 6) is 0.700. The van der Waals surface area contributed by atoms with Gasteiger partial charge in [0.25, 0.3) is 0 Å². The van der Waals surface area contributed by atoms with E-state index in [9.17, 15) is 4.79 Å². The second kappa shape index (κ2) is 12.0. The van der Waals surface area contributed by atoms with Crippen molar-refractivity contribution in [3.8, 4) is 0 Å². The predicted octanol–water partition coefficient (Wildman–Crippen LogP) is 6.94. The first kappa shape index (κ1) is 26.3. The van der Waals surface area contributed by atoms with Crippen LogP contribution >= 0.6 is 16.2 Å². The van der Waals surface area contributed by atoms with Crippen LogP contribution in [0.15, 0.2) is 0 Å². The molecule has 0 N–H and O–H groups in total. The zero-order valence-corrected chi connectivity index (χ0v) is 21.2. The van der Waals surface area contributed by atoms with Crippen LogP contribution < -0.4 is 0 Å². The summed E-state index contributed by atoms with van der Waals surface area (Å²) >= 11 is 0. The second-order valence-corrected chi connectivity index (χ2v) is 15.4. The van der Waals surface area contributed by atoms with Gasteiger partial charge in [-0.15, -0.1) is 0 Å². The lowest BCUT2D eigenvalue weighted by molar-refractivity contribution is -0.132. The Labute approximate surface area is 166 Å². The van der Waals surface area contributed by atoms with Gasteiger partial charge < -0.3 is 9.19 Å². The first-order valence-electron chi connectivity index (χ1n) is 10.3. The molecule has 0 aromatic rings. The first-order chi connectivity index (χ1) is 11.8. The molecule has 0 aliphatic rings. The van der Waals surface area contributed by atoms with Crippen molar-refractivity contribution in [1.82, 2.24) is 4.67 Å². The standard InChI is InChI=1S/C21H45NO2P2/c1-14(2)20(13-24-26(18(9)10)19(11)12)22(21(23)15(3)4)25(16(5)6)17(7)8/h14-20H,13H2,1-12H3/t20-/m1/s1. The van der Waals surface area contributed by atoms with Crippen LogP contribution in [0.4, 0.5) is 0 Å². The van der Waals surface area contributed by atoms with Gasteiger partial charge in [0, 0.05) is 14.1 Å². The molecule has 0 aromatic heterocycles. The van der Waals surface area contributed by atoms with Crippen LogP contribution in [0, 0.1) is 11.8 Å². The molecule has 3 nitrogen and oxygen atoms in total. The van der Waals surface area contributed by atoms with Gasteiger partial charge in [0.15, 0.2) is 0 Å². The van der Waals surface area contributed by atoms with Gasteiger partial charge in [-0.3, -0.25) is 4.79 Å². The number of nitrogens with zero attached hydrogens (tertiary/aromatic N) is 1. The van der Waals surface area contributed by atoms with E-state index in [1.165, 1.54) is 0 Å². The van der Waals surface area contributed by atoms with E-state index < -0.39 is 16.2 Å². The van der Waals surface area contributed by atoms with Gasteiger partial charge in [-0.2, -0.15) is 0 Å². The van der Waals surface area contributed by atoms with E-state index in [0.29, 0.717) is 41.1 Å². The minimum Gasteiger partial charge on any atom is -0.357 e. The lowest BCUT2D eigenvalue weighted by atomic mass is 10.0. The van der Waals surface area contributed by atoms with Crippen molar-refractivity contribution in [3.05, 3.63) is 0 Å². The van der Waals surface area contributed by atoms with E-state index in [0.717, 1.165) is 0 Å². The van der Waals surface area contributed by atoms with Gasteiger partial charge >= 0.3 is 0 Å². The Balaban J connectivity index is 5.76. The molecule has 0 saturated carbocycles. The molecule has 0 saturated heterocycles. The van der Waals surface area contributed by atoms with Crippen molar-refractivity contribution in [2.75, 3.05) is 6.61 Å². The molecule has 0 aromatic carbocycles. The van der Waals surface area contributed by atoms with Gasteiger partial charge in [0.05, 0.1) is 12.6 Å². The maximum absolute atomic E-state index is 13.2. The largest absolute Gasteiger partial charge is 0.357 e. The van der Waals surface area contributed by atoms with Crippen molar-refractivity contribution >= 4 is 22.1 Å². The second-order valence-electron chi connectivity index (χ2n) is 9.06. The van der Waals surface area contributed by atoms with Crippen LogP contribution in [0.2, 0.25) is 0 Å². The fourth-order valence-corrected chi connectivity index (χ4v) is 8.85. The number of carbonyl (C=O) groups is 1. The molecule has 5 heteroatoms. The molecule has 0 bridgehead atoms. The predicted molar refractivity (Wildman–Crippen MR) is 121 cm³/mol. The Bertz CT molecular complexity index is 393. The third kappa shape index (κ3) is 7.73. The molecule has 0 unspecified atom stereocenters. The lowest BCUT2D eigenvalue weighted by Crippen LogP contribution is -2.46. The Hall–Kier alpha value is 0.290. The highest BCUT2D eigenvalue weighted by molar-refractivity contribution is 7.57. The van der Waals surface area contributed by atoms with Crippen molar-refractivity contribution < 1.29 is 9.32 Å². The highest BCUT2D eigenvalue weighted by Gasteiger charge is 2.37. The van der Waals surface area contributed by atoms with Gasteiger partial charge in [0.1, 0.15) is 0 Å². The van der Waals surface area contributed by atoms with E-state index in [4.69, 9.17) is 4.52 Å². The van der Waals surface area contributed by atoms with E-state index >= 15 is 0 Å². The van der Waals surface area contributed by atoms with Gasteiger partial charge in [0.2, 0.25) is 5.91 Å². The zero-order valence-electron chi connectivity index (χ0n) is 19.4. The minimum absolute atomic E-state index is 0.0236. The maximum Gasteiger partial charge on any atom is 0.228 e. The van der Waals surface area contributed by atoms with Gasteiger partial charge in [-0.1, -0.05) is 83.1 Å². The molecule has 1 atom stereocenters. The monoisotopic (exact) mass is 405 g/mol. The fraction of sp³-hybridized carbons (Fsp3) is 0.952. The minimum atomic E-state index is -0.536. The quantitative estimate of drug-likeness (QED) is 0.348. The molecule has 26 heavy (non-hydrogen) atoms. The third-order valence-electron chi connectivity index (χ3n) is 4.52. The first-order valence-corrected chi connectivity index (χ1v) is 13.2. The van der Waals surface area contributed by atoms with Crippen LogP contribution in [0.3, 0.4) is 0 Å². The fourth-order valence-electron chi connectivity index (χ4n) is 3.41. The van der Waals surface area contributed by atoms with E-state index in [1.807, 2.05) is 13.8 Å². The summed E-state index contributed by atoms with van der Waals surface area (Å²) in [6, 6.07) is 0.156.